The molecule has 104 valence electrons. The monoisotopic (exact) mass is 275 g/mol. The molecule has 1 unspecified atom stereocenters. The maximum Gasteiger partial charge on any atom is 0.339 e. The van der Waals surface area contributed by atoms with E-state index in [4.69, 9.17) is 4.74 Å². The first kappa shape index (κ1) is 13.8. The van der Waals surface area contributed by atoms with Crippen LogP contribution in [0.2, 0.25) is 0 Å². The lowest BCUT2D eigenvalue weighted by molar-refractivity contribution is -0.384. The molecule has 0 radical (unpaired) electrons. The van der Waals surface area contributed by atoms with E-state index in [9.17, 15) is 20.0 Å². The Morgan fingerprint density at radius 2 is 2.25 bits per heavy atom. The summed E-state index contributed by atoms with van der Waals surface area (Å²) in [6, 6.07) is 5.86. The summed E-state index contributed by atoms with van der Waals surface area (Å²) >= 11 is 0. The quantitative estimate of drug-likeness (QED) is 0.395. The maximum absolute atomic E-state index is 11.8. The lowest BCUT2D eigenvalue weighted by Crippen LogP contribution is -2.09. The Morgan fingerprint density at radius 3 is 2.75 bits per heavy atom. The molecule has 0 saturated carbocycles. The van der Waals surface area contributed by atoms with Crippen molar-refractivity contribution >= 4 is 11.7 Å². The number of aliphatic hydroxyl groups excluding tert-OH is 1. The first-order valence-electron chi connectivity index (χ1n) is 5.96. The van der Waals surface area contributed by atoms with Crippen molar-refractivity contribution in [1.29, 1.82) is 0 Å². The van der Waals surface area contributed by atoms with Crippen molar-refractivity contribution in [3.05, 3.63) is 63.9 Å². The second kappa shape index (κ2) is 5.16. The number of hydrogen-bond donors (Lipinski definition) is 1. The van der Waals surface area contributed by atoms with Gasteiger partial charge < -0.3 is 9.84 Å². The van der Waals surface area contributed by atoms with Crippen LogP contribution in [0.5, 0.6) is 0 Å². The van der Waals surface area contributed by atoms with Crippen LogP contribution >= 0.6 is 0 Å². The third-order valence-corrected chi connectivity index (χ3v) is 3.15. The number of non-ortho nitro benzene ring substituents is 1. The molecule has 0 amide bonds. The molecule has 1 aliphatic heterocycles. The molecule has 0 bridgehead atoms. The highest BCUT2D eigenvalue weighted by molar-refractivity contribution is 5.94. The summed E-state index contributed by atoms with van der Waals surface area (Å²) < 4.78 is 4.92. The molecular weight excluding hydrogens is 262 g/mol. The lowest BCUT2D eigenvalue weighted by Gasteiger charge is -2.12. The van der Waals surface area contributed by atoms with E-state index in [0.717, 1.165) is 0 Å². The molecule has 1 aromatic carbocycles. The predicted octanol–water partition coefficient (Wildman–Crippen LogP) is 2.62. The zero-order chi connectivity index (χ0) is 14.9. The fraction of sp³-hybridized carbons (Fsp3) is 0.214. The summed E-state index contributed by atoms with van der Waals surface area (Å²) in [4.78, 5) is 22.0. The molecule has 1 aliphatic rings. The maximum atomic E-state index is 11.8. The molecule has 0 aromatic heterocycles. The van der Waals surface area contributed by atoms with E-state index in [1.54, 1.807) is 13.0 Å². The summed E-state index contributed by atoms with van der Waals surface area (Å²) in [6.07, 6.45) is 0.739. The van der Waals surface area contributed by atoms with Gasteiger partial charge in [-0.25, -0.2) is 4.79 Å². The van der Waals surface area contributed by atoms with Crippen LogP contribution in [0.15, 0.2) is 48.3 Å². The fourth-order valence-electron chi connectivity index (χ4n) is 2.14. The van der Waals surface area contributed by atoms with Crippen molar-refractivity contribution < 1.29 is 19.6 Å². The number of esters is 1. The largest absolute Gasteiger partial charge is 0.508 e. The number of carbonyl (C=O) groups is 1. The van der Waals surface area contributed by atoms with E-state index in [0.29, 0.717) is 5.56 Å². The summed E-state index contributed by atoms with van der Waals surface area (Å²) in [5, 5.41) is 20.7. The number of ether oxygens (including phenoxy) is 1. The van der Waals surface area contributed by atoms with E-state index in [1.807, 2.05) is 0 Å². The highest BCUT2D eigenvalue weighted by Crippen LogP contribution is 2.35. The minimum atomic E-state index is -0.710. The molecule has 1 aromatic rings. The Labute approximate surface area is 115 Å². The SMILES string of the molecule is C=CC(C1=C(O)[C@H](C)OC1=O)c1cccc([N+](=O)[O-])c1. The number of nitro benzene ring substituents is 1. The van der Waals surface area contributed by atoms with E-state index in [2.05, 4.69) is 6.58 Å². The molecule has 0 spiro atoms. The van der Waals surface area contributed by atoms with Crippen LogP contribution in [-0.4, -0.2) is 22.1 Å². The molecule has 1 N–H and O–H groups in total. The molecule has 0 saturated heterocycles. The number of allylic oxidation sites excluding steroid dienone is 1. The molecule has 1 heterocycles. The van der Waals surface area contributed by atoms with Crippen molar-refractivity contribution in [2.24, 2.45) is 0 Å². The first-order chi connectivity index (χ1) is 9.45. The predicted molar refractivity (Wildman–Crippen MR) is 71.2 cm³/mol. The highest BCUT2D eigenvalue weighted by atomic mass is 16.6. The van der Waals surface area contributed by atoms with Gasteiger partial charge in [-0.2, -0.15) is 0 Å². The molecular formula is C14H13NO5. The number of hydrogen-bond acceptors (Lipinski definition) is 5. The Morgan fingerprint density at radius 1 is 1.55 bits per heavy atom. The molecule has 0 fully saturated rings. The molecule has 0 aliphatic carbocycles. The molecule has 6 nitrogen and oxygen atoms in total. The average Bonchev–Trinajstić information content (AvgIpc) is 2.67. The normalized spacial score (nSPS) is 19.6. The fourth-order valence-corrected chi connectivity index (χ4v) is 2.14. The van der Waals surface area contributed by atoms with Crippen LogP contribution in [0.1, 0.15) is 18.4 Å². The minimum absolute atomic E-state index is 0.0768. The van der Waals surface area contributed by atoms with Crippen LogP contribution in [-0.2, 0) is 9.53 Å². The smallest absolute Gasteiger partial charge is 0.339 e. The second-order valence-electron chi connectivity index (χ2n) is 4.41. The highest BCUT2D eigenvalue weighted by Gasteiger charge is 2.36. The number of nitrogens with zero attached hydrogens (tertiary/aromatic N) is 1. The standard InChI is InChI=1S/C14H13NO5/c1-3-11(12-13(16)8(2)20-14(12)17)9-5-4-6-10(7-9)15(18)19/h3-8,11,16H,1H2,2H3/t8-,11?/m0/s1. The van der Waals surface area contributed by atoms with Crippen molar-refractivity contribution in [3.63, 3.8) is 0 Å². The number of rotatable bonds is 4. The Hall–Kier alpha value is -2.63. The molecule has 20 heavy (non-hydrogen) atoms. The van der Waals surface area contributed by atoms with Gasteiger partial charge in [-0.05, 0) is 12.5 Å². The zero-order valence-corrected chi connectivity index (χ0v) is 10.8. The molecule has 2 atom stereocenters. The number of carbonyl (C=O) groups excluding carboxylic acids is 1. The van der Waals surface area contributed by atoms with E-state index in [1.165, 1.54) is 24.3 Å². The summed E-state index contributed by atoms with van der Waals surface area (Å²) in [5.74, 6) is -1.44. The van der Waals surface area contributed by atoms with Gasteiger partial charge in [0.2, 0.25) is 0 Å². The summed E-state index contributed by atoms with van der Waals surface area (Å²) in [7, 11) is 0. The zero-order valence-electron chi connectivity index (χ0n) is 10.8. The van der Waals surface area contributed by atoms with E-state index in [-0.39, 0.29) is 17.0 Å². The van der Waals surface area contributed by atoms with Gasteiger partial charge in [-0.3, -0.25) is 10.1 Å². The third-order valence-electron chi connectivity index (χ3n) is 3.15. The Bertz CT molecular complexity index is 620. The van der Waals surface area contributed by atoms with Crippen molar-refractivity contribution in [2.45, 2.75) is 18.9 Å². The van der Waals surface area contributed by atoms with Crippen molar-refractivity contribution in [2.75, 3.05) is 0 Å². The van der Waals surface area contributed by atoms with E-state index < -0.39 is 22.9 Å². The van der Waals surface area contributed by atoms with Crippen LogP contribution in [0.25, 0.3) is 0 Å². The molecule has 2 rings (SSSR count). The van der Waals surface area contributed by atoms with E-state index >= 15 is 0 Å². The molecule has 6 heteroatoms. The van der Waals surface area contributed by atoms with Crippen LogP contribution in [0, 0.1) is 10.1 Å². The third kappa shape index (κ3) is 2.27. The summed E-state index contributed by atoms with van der Waals surface area (Å²) in [5.41, 5.74) is 0.489. The second-order valence-corrected chi connectivity index (χ2v) is 4.41. The minimum Gasteiger partial charge on any atom is -0.508 e. The topological polar surface area (TPSA) is 89.7 Å². The van der Waals surface area contributed by atoms with Crippen LogP contribution in [0.4, 0.5) is 5.69 Å². The van der Waals surface area contributed by atoms with Gasteiger partial charge in [0.1, 0.15) is 5.76 Å². The van der Waals surface area contributed by atoms with Crippen LogP contribution < -0.4 is 0 Å². The Balaban J connectivity index is 2.48. The van der Waals surface area contributed by atoms with Gasteiger partial charge in [0, 0.05) is 18.1 Å². The van der Waals surface area contributed by atoms with Gasteiger partial charge in [-0.15, -0.1) is 6.58 Å². The van der Waals surface area contributed by atoms with Crippen molar-refractivity contribution in [1.82, 2.24) is 0 Å². The van der Waals surface area contributed by atoms with Gasteiger partial charge >= 0.3 is 5.97 Å². The summed E-state index contributed by atoms with van der Waals surface area (Å²) in [6.45, 7) is 5.18. The van der Waals surface area contributed by atoms with Gasteiger partial charge in [-0.1, -0.05) is 18.2 Å². The number of cyclic esters (lactones) is 1. The number of aliphatic hydroxyl groups is 1. The van der Waals surface area contributed by atoms with Gasteiger partial charge in [0.15, 0.2) is 6.10 Å². The number of nitro groups is 1. The first-order valence-corrected chi connectivity index (χ1v) is 5.96. The van der Waals surface area contributed by atoms with Gasteiger partial charge in [0.25, 0.3) is 5.69 Å². The van der Waals surface area contributed by atoms with Crippen molar-refractivity contribution in [3.8, 4) is 0 Å². The lowest BCUT2D eigenvalue weighted by atomic mass is 9.90. The van der Waals surface area contributed by atoms with Gasteiger partial charge in [0.05, 0.1) is 10.5 Å². The van der Waals surface area contributed by atoms with Crippen LogP contribution in [0.3, 0.4) is 0 Å². The Kier molecular flexibility index (Phi) is 3.56. The average molecular weight is 275 g/mol. The number of benzene rings is 1.